The van der Waals surface area contributed by atoms with Gasteiger partial charge in [-0.2, -0.15) is 0 Å². The second kappa shape index (κ2) is 4.42. The first-order valence-corrected chi connectivity index (χ1v) is 4.70. The molecule has 1 fully saturated rings. The molecule has 0 aromatic heterocycles. The summed E-state index contributed by atoms with van der Waals surface area (Å²) in [7, 11) is 0. The lowest BCUT2D eigenvalue weighted by molar-refractivity contribution is -0.150. The Morgan fingerprint density at radius 2 is 2.15 bits per heavy atom. The Bertz CT molecular complexity index is 202. The van der Waals surface area contributed by atoms with Crippen LogP contribution < -0.4 is 0 Å². The molecule has 0 aliphatic carbocycles. The normalized spacial score (nSPS) is 21.9. The summed E-state index contributed by atoms with van der Waals surface area (Å²) in [6.45, 7) is 3.12. The van der Waals surface area contributed by atoms with E-state index < -0.39 is 11.4 Å². The monoisotopic (exact) mass is 184 g/mol. The average Bonchev–Trinajstić information content (AvgIpc) is 2.16. The van der Waals surface area contributed by atoms with Crippen molar-refractivity contribution in [2.45, 2.75) is 26.2 Å². The van der Waals surface area contributed by atoms with Gasteiger partial charge in [-0.15, -0.1) is 0 Å². The molecule has 0 spiro atoms. The number of carboxylic acid groups (broad SMARTS) is 1. The molecule has 1 aliphatic rings. The fourth-order valence-corrected chi connectivity index (χ4v) is 1.53. The third-order valence-corrected chi connectivity index (χ3v) is 2.48. The van der Waals surface area contributed by atoms with E-state index in [-0.39, 0.29) is 0 Å². The molecule has 3 heteroatoms. The fraction of sp³-hybridized carbons (Fsp3) is 0.700. The number of allylic oxidation sites excluding steroid dienone is 1. The van der Waals surface area contributed by atoms with Crippen molar-refractivity contribution < 1.29 is 14.6 Å². The molecule has 0 aromatic rings. The van der Waals surface area contributed by atoms with Gasteiger partial charge >= 0.3 is 5.97 Å². The summed E-state index contributed by atoms with van der Waals surface area (Å²) < 4.78 is 5.16. The smallest absolute Gasteiger partial charge is 0.313 e. The first-order valence-electron chi connectivity index (χ1n) is 4.70. The molecular weight excluding hydrogens is 168 g/mol. The second-order valence-electron chi connectivity index (χ2n) is 3.38. The molecule has 1 heterocycles. The number of ether oxygens (including phenoxy) is 1. The molecular formula is C10H16O3. The molecule has 0 amide bonds. The standard InChI is InChI=1S/C10H16O3/c1-2-3-4-10(9(11)12)5-7-13-8-6-10/h3-4H,2,5-8H2,1H3,(H,11,12)/b4-3+. The van der Waals surface area contributed by atoms with Crippen LogP contribution in [0.2, 0.25) is 0 Å². The zero-order chi connectivity index (χ0) is 9.73. The van der Waals surface area contributed by atoms with E-state index in [2.05, 4.69) is 0 Å². The van der Waals surface area contributed by atoms with E-state index in [1.165, 1.54) is 0 Å². The first kappa shape index (κ1) is 10.3. The van der Waals surface area contributed by atoms with Crippen LogP contribution in [-0.4, -0.2) is 24.3 Å². The quantitative estimate of drug-likeness (QED) is 0.681. The summed E-state index contributed by atoms with van der Waals surface area (Å²) in [5.41, 5.74) is -0.658. The van der Waals surface area contributed by atoms with Gasteiger partial charge < -0.3 is 9.84 Å². The highest BCUT2D eigenvalue weighted by molar-refractivity contribution is 5.77. The van der Waals surface area contributed by atoms with Gasteiger partial charge in [-0.1, -0.05) is 19.1 Å². The lowest BCUT2D eigenvalue weighted by Crippen LogP contribution is -2.35. The molecule has 0 saturated carbocycles. The Morgan fingerprint density at radius 3 is 2.62 bits per heavy atom. The molecule has 3 nitrogen and oxygen atoms in total. The molecule has 74 valence electrons. The number of aliphatic carboxylic acids is 1. The van der Waals surface area contributed by atoms with E-state index in [0.717, 1.165) is 6.42 Å². The van der Waals surface area contributed by atoms with E-state index >= 15 is 0 Å². The Hall–Kier alpha value is -0.830. The van der Waals surface area contributed by atoms with E-state index in [9.17, 15) is 4.79 Å². The van der Waals surface area contributed by atoms with Gasteiger partial charge in [-0.25, -0.2) is 0 Å². The molecule has 0 bridgehead atoms. The Morgan fingerprint density at radius 1 is 1.54 bits per heavy atom. The number of hydrogen-bond donors (Lipinski definition) is 1. The van der Waals surface area contributed by atoms with Crippen LogP contribution in [0.5, 0.6) is 0 Å². The third kappa shape index (κ3) is 2.31. The van der Waals surface area contributed by atoms with Crippen molar-refractivity contribution in [2.24, 2.45) is 5.41 Å². The molecule has 1 saturated heterocycles. The summed E-state index contributed by atoms with van der Waals surface area (Å²) >= 11 is 0. The van der Waals surface area contributed by atoms with Gasteiger partial charge in [-0.3, -0.25) is 4.79 Å². The van der Waals surface area contributed by atoms with E-state index in [4.69, 9.17) is 9.84 Å². The Kier molecular flexibility index (Phi) is 3.48. The van der Waals surface area contributed by atoms with Crippen LogP contribution in [-0.2, 0) is 9.53 Å². The third-order valence-electron chi connectivity index (χ3n) is 2.48. The Balaban J connectivity index is 2.73. The van der Waals surface area contributed by atoms with Crippen molar-refractivity contribution in [2.75, 3.05) is 13.2 Å². The van der Waals surface area contributed by atoms with Gasteiger partial charge in [0.15, 0.2) is 0 Å². The molecule has 0 atom stereocenters. The highest BCUT2D eigenvalue weighted by Crippen LogP contribution is 2.32. The fourth-order valence-electron chi connectivity index (χ4n) is 1.53. The minimum Gasteiger partial charge on any atom is -0.481 e. The van der Waals surface area contributed by atoms with Gasteiger partial charge in [0.2, 0.25) is 0 Å². The molecule has 13 heavy (non-hydrogen) atoms. The summed E-state index contributed by atoms with van der Waals surface area (Å²) in [5.74, 6) is -0.722. The second-order valence-corrected chi connectivity index (χ2v) is 3.38. The number of carbonyl (C=O) groups is 1. The van der Waals surface area contributed by atoms with Crippen LogP contribution in [0, 0.1) is 5.41 Å². The molecule has 0 radical (unpaired) electrons. The molecule has 1 aliphatic heterocycles. The topological polar surface area (TPSA) is 46.5 Å². The van der Waals surface area contributed by atoms with Crippen molar-refractivity contribution in [3.05, 3.63) is 12.2 Å². The maximum atomic E-state index is 11.1. The zero-order valence-corrected chi connectivity index (χ0v) is 7.95. The van der Waals surface area contributed by atoms with Crippen molar-refractivity contribution in [3.63, 3.8) is 0 Å². The summed E-state index contributed by atoms with van der Waals surface area (Å²) in [4.78, 5) is 11.1. The van der Waals surface area contributed by atoms with E-state index in [0.29, 0.717) is 26.1 Å². The molecule has 0 aromatic carbocycles. The van der Waals surface area contributed by atoms with Crippen LogP contribution in [0.3, 0.4) is 0 Å². The number of hydrogen-bond acceptors (Lipinski definition) is 2. The van der Waals surface area contributed by atoms with Gasteiger partial charge in [0.25, 0.3) is 0 Å². The predicted molar refractivity (Wildman–Crippen MR) is 49.6 cm³/mol. The van der Waals surface area contributed by atoms with Gasteiger partial charge in [-0.05, 0) is 19.3 Å². The molecule has 1 rings (SSSR count). The maximum Gasteiger partial charge on any atom is 0.313 e. The number of rotatable bonds is 3. The van der Waals surface area contributed by atoms with Gasteiger partial charge in [0, 0.05) is 13.2 Å². The molecule has 0 unspecified atom stereocenters. The number of carboxylic acids is 1. The van der Waals surface area contributed by atoms with Crippen LogP contribution in [0.4, 0.5) is 0 Å². The van der Waals surface area contributed by atoms with Crippen LogP contribution in [0.15, 0.2) is 12.2 Å². The predicted octanol–water partition coefficient (Wildman–Crippen LogP) is 1.83. The SMILES string of the molecule is CC/C=C/C1(C(=O)O)CCOCC1. The first-order chi connectivity index (χ1) is 6.21. The van der Waals surface area contributed by atoms with Gasteiger partial charge in [0.05, 0.1) is 5.41 Å². The zero-order valence-electron chi connectivity index (χ0n) is 7.95. The van der Waals surface area contributed by atoms with Crippen LogP contribution >= 0.6 is 0 Å². The van der Waals surface area contributed by atoms with Crippen LogP contribution in [0.25, 0.3) is 0 Å². The van der Waals surface area contributed by atoms with Crippen molar-refractivity contribution in [1.29, 1.82) is 0 Å². The van der Waals surface area contributed by atoms with Crippen LogP contribution in [0.1, 0.15) is 26.2 Å². The van der Waals surface area contributed by atoms with Crippen molar-refractivity contribution in [1.82, 2.24) is 0 Å². The highest BCUT2D eigenvalue weighted by Gasteiger charge is 2.37. The van der Waals surface area contributed by atoms with Gasteiger partial charge in [0.1, 0.15) is 0 Å². The Labute approximate surface area is 78.4 Å². The molecule has 1 N–H and O–H groups in total. The largest absolute Gasteiger partial charge is 0.481 e. The van der Waals surface area contributed by atoms with E-state index in [1.54, 1.807) is 0 Å². The lowest BCUT2D eigenvalue weighted by atomic mass is 9.80. The highest BCUT2D eigenvalue weighted by atomic mass is 16.5. The minimum absolute atomic E-state index is 0.556. The summed E-state index contributed by atoms with van der Waals surface area (Å²) in [5, 5.41) is 9.11. The lowest BCUT2D eigenvalue weighted by Gasteiger charge is -2.30. The minimum atomic E-state index is -0.722. The van der Waals surface area contributed by atoms with E-state index in [1.807, 2.05) is 19.1 Å². The van der Waals surface area contributed by atoms with Crippen molar-refractivity contribution >= 4 is 5.97 Å². The summed E-state index contributed by atoms with van der Waals surface area (Å²) in [6, 6.07) is 0. The average molecular weight is 184 g/mol. The van der Waals surface area contributed by atoms with Crippen molar-refractivity contribution in [3.8, 4) is 0 Å². The maximum absolute atomic E-state index is 11.1. The summed E-state index contributed by atoms with van der Waals surface area (Å²) in [6.07, 6.45) is 5.84.